The van der Waals surface area contributed by atoms with E-state index in [1.54, 1.807) is 18.3 Å². The monoisotopic (exact) mass is 386 g/mol. The molecule has 3 rings (SSSR count). The van der Waals surface area contributed by atoms with E-state index in [1.807, 2.05) is 43.3 Å². The number of rotatable bonds is 5. The van der Waals surface area contributed by atoms with Crippen molar-refractivity contribution in [3.05, 3.63) is 64.3 Å². The van der Waals surface area contributed by atoms with Gasteiger partial charge in [-0.05, 0) is 37.3 Å². The van der Waals surface area contributed by atoms with Gasteiger partial charge in [0, 0.05) is 15.4 Å². The van der Waals surface area contributed by atoms with Crippen LogP contribution >= 0.6 is 15.9 Å². The molecular formula is C18H15BrN2O3. The van der Waals surface area contributed by atoms with E-state index in [0.717, 1.165) is 21.2 Å². The highest BCUT2D eigenvalue weighted by atomic mass is 79.9. The summed E-state index contributed by atoms with van der Waals surface area (Å²) < 4.78 is 11.9. The number of hydrazone groups is 1. The molecule has 0 unspecified atom stereocenters. The van der Waals surface area contributed by atoms with Crippen LogP contribution in [0, 0.1) is 0 Å². The Balaban J connectivity index is 1.73. The molecule has 0 saturated heterocycles. The third kappa shape index (κ3) is 3.65. The smallest absolute Gasteiger partial charge is 0.307 e. The number of ether oxygens (including phenoxy) is 1. The second-order valence-electron chi connectivity index (χ2n) is 4.96. The lowest BCUT2D eigenvalue weighted by molar-refractivity contribution is 0.0929. The van der Waals surface area contributed by atoms with Gasteiger partial charge in [0.15, 0.2) is 5.76 Å². The van der Waals surface area contributed by atoms with Crippen LogP contribution in [0.2, 0.25) is 0 Å². The molecule has 0 fully saturated rings. The van der Waals surface area contributed by atoms with E-state index in [4.69, 9.17) is 9.15 Å². The number of carbonyl (C=O) groups excluding carboxylic acids is 1. The number of nitrogens with one attached hydrogen (secondary N) is 1. The molecule has 0 saturated carbocycles. The Bertz CT molecular complexity index is 902. The maximum atomic E-state index is 12.1. The van der Waals surface area contributed by atoms with Crippen LogP contribution in [0.15, 0.2) is 62.5 Å². The molecule has 122 valence electrons. The molecule has 5 nitrogen and oxygen atoms in total. The quantitative estimate of drug-likeness (QED) is 0.523. The number of hydrogen-bond acceptors (Lipinski definition) is 4. The second kappa shape index (κ2) is 7.31. The van der Waals surface area contributed by atoms with Crippen molar-refractivity contribution in [1.29, 1.82) is 0 Å². The molecule has 0 atom stereocenters. The van der Waals surface area contributed by atoms with Gasteiger partial charge in [-0.3, -0.25) is 4.79 Å². The number of halogens is 1. The van der Waals surface area contributed by atoms with E-state index in [2.05, 4.69) is 26.5 Å². The van der Waals surface area contributed by atoms with Crippen LogP contribution in [-0.4, -0.2) is 18.7 Å². The van der Waals surface area contributed by atoms with E-state index >= 15 is 0 Å². The van der Waals surface area contributed by atoms with Crippen molar-refractivity contribution in [2.75, 3.05) is 6.61 Å². The number of nitrogens with zero attached hydrogens (tertiary/aromatic N) is 1. The third-order valence-electron chi connectivity index (χ3n) is 3.30. The molecule has 0 aliphatic rings. The van der Waals surface area contributed by atoms with Crippen molar-refractivity contribution < 1.29 is 13.9 Å². The summed E-state index contributed by atoms with van der Waals surface area (Å²) in [6.07, 6.45) is 1.57. The second-order valence-corrected chi connectivity index (χ2v) is 5.82. The summed E-state index contributed by atoms with van der Waals surface area (Å²) in [5.74, 6) is 0.528. The van der Waals surface area contributed by atoms with Crippen LogP contribution < -0.4 is 10.2 Å². The summed E-state index contributed by atoms with van der Waals surface area (Å²) in [5, 5.41) is 4.76. The third-order valence-corrected chi connectivity index (χ3v) is 4.02. The minimum Gasteiger partial charge on any atom is -0.494 e. The molecule has 2 aromatic carbocycles. The standard InChI is InChI=1S/C18H15BrN2O3/c1-2-23-14-7-8-16-13(9-14)10-17(24-16)18(22)21-20-11-12-5-3-4-6-15(12)19/h3-11H,2H2,1H3,(H,21,22)/b20-11+. The van der Waals surface area contributed by atoms with Crippen LogP contribution in [0.5, 0.6) is 5.75 Å². The minimum absolute atomic E-state index is 0.197. The molecule has 1 N–H and O–H groups in total. The SMILES string of the molecule is CCOc1ccc2oc(C(=O)N/N=C/c3ccccc3Br)cc2c1. The topological polar surface area (TPSA) is 63.8 Å². The number of fused-ring (bicyclic) bond motifs is 1. The van der Waals surface area contributed by atoms with Crippen LogP contribution in [0.25, 0.3) is 11.0 Å². The van der Waals surface area contributed by atoms with Gasteiger partial charge in [-0.25, -0.2) is 5.43 Å². The molecule has 0 spiro atoms. The van der Waals surface area contributed by atoms with E-state index in [9.17, 15) is 4.79 Å². The summed E-state index contributed by atoms with van der Waals surface area (Å²) in [4.78, 5) is 12.1. The molecule has 0 aliphatic carbocycles. The highest BCUT2D eigenvalue weighted by molar-refractivity contribution is 9.10. The van der Waals surface area contributed by atoms with Crippen LogP contribution in [0.4, 0.5) is 0 Å². The van der Waals surface area contributed by atoms with Gasteiger partial charge in [-0.15, -0.1) is 0 Å². The van der Waals surface area contributed by atoms with Gasteiger partial charge in [0.05, 0.1) is 12.8 Å². The Morgan fingerprint density at radius 2 is 2.12 bits per heavy atom. The first-order valence-corrected chi connectivity index (χ1v) is 8.21. The fourth-order valence-corrected chi connectivity index (χ4v) is 2.57. The molecule has 1 aromatic heterocycles. The first kappa shape index (κ1) is 16.3. The molecule has 3 aromatic rings. The average Bonchev–Trinajstić information content (AvgIpc) is 3.00. The average molecular weight is 387 g/mol. The molecule has 6 heteroatoms. The lowest BCUT2D eigenvalue weighted by atomic mass is 10.2. The lowest BCUT2D eigenvalue weighted by Gasteiger charge is -2.00. The lowest BCUT2D eigenvalue weighted by Crippen LogP contribution is -2.16. The molecular weight excluding hydrogens is 372 g/mol. The van der Waals surface area contributed by atoms with Gasteiger partial charge in [-0.1, -0.05) is 34.1 Å². The van der Waals surface area contributed by atoms with Crippen molar-refractivity contribution >= 4 is 39.0 Å². The summed E-state index contributed by atoms with van der Waals surface area (Å²) in [6.45, 7) is 2.50. The Morgan fingerprint density at radius 3 is 2.92 bits per heavy atom. The number of benzene rings is 2. The van der Waals surface area contributed by atoms with Gasteiger partial charge in [-0.2, -0.15) is 5.10 Å². The molecule has 24 heavy (non-hydrogen) atoms. The molecule has 0 bridgehead atoms. The number of amides is 1. The maximum Gasteiger partial charge on any atom is 0.307 e. The summed E-state index contributed by atoms with van der Waals surface area (Å²) in [7, 11) is 0. The number of hydrogen-bond donors (Lipinski definition) is 1. The zero-order chi connectivity index (χ0) is 16.9. The van der Waals surface area contributed by atoms with Gasteiger partial charge in [0.25, 0.3) is 0 Å². The van der Waals surface area contributed by atoms with E-state index in [1.165, 1.54) is 0 Å². The Labute approximate surface area is 147 Å². The predicted octanol–water partition coefficient (Wildman–Crippen LogP) is 4.36. The Morgan fingerprint density at radius 1 is 1.29 bits per heavy atom. The van der Waals surface area contributed by atoms with Crippen LogP contribution in [-0.2, 0) is 0 Å². The Hall–Kier alpha value is -2.60. The van der Waals surface area contributed by atoms with Crippen molar-refractivity contribution in [3.8, 4) is 5.75 Å². The largest absolute Gasteiger partial charge is 0.494 e. The first-order valence-electron chi connectivity index (χ1n) is 7.41. The fraction of sp³-hybridized carbons (Fsp3) is 0.111. The first-order chi connectivity index (χ1) is 11.7. The summed E-state index contributed by atoms with van der Waals surface area (Å²) >= 11 is 3.42. The maximum absolute atomic E-state index is 12.1. The highest BCUT2D eigenvalue weighted by Gasteiger charge is 2.12. The van der Waals surface area contributed by atoms with Crippen molar-refractivity contribution in [2.24, 2.45) is 5.10 Å². The fourth-order valence-electron chi connectivity index (χ4n) is 2.19. The van der Waals surface area contributed by atoms with Crippen molar-refractivity contribution in [1.82, 2.24) is 5.43 Å². The normalized spacial score (nSPS) is 11.1. The van der Waals surface area contributed by atoms with Crippen LogP contribution in [0.1, 0.15) is 23.0 Å². The number of furan rings is 1. The molecule has 1 heterocycles. The zero-order valence-corrected chi connectivity index (χ0v) is 14.5. The van der Waals surface area contributed by atoms with E-state index < -0.39 is 5.91 Å². The molecule has 1 amide bonds. The van der Waals surface area contributed by atoms with Gasteiger partial charge in [0.1, 0.15) is 11.3 Å². The van der Waals surface area contributed by atoms with Crippen LogP contribution in [0.3, 0.4) is 0 Å². The van der Waals surface area contributed by atoms with Gasteiger partial charge < -0.3 is 9.15 Å². The van der Waals surface area contributed by atoms with E-state index in [-0.39, 0.29) is 5.76 Å². The summed E-state index contributed by atoms with van der Waals surface area (Å²) in [5.41, 5.74) is 3.95. The van der Waals surface area contributed by atoms with Gasteiger partial charge in [0.2, 0.25) is 0 Å². The minimum atomic E-state index is -0.410. The van der Waals surface area contributed by atoms with Gasteiger partial charge >= 0.3 is 5.91 Å². The highest BCUT2D eigenvalue weighted by Crippen LogP contribution is 2.24. The molecule has 0 radical (unpaired) electrons. The zero-order valence-electron chi connectivity index (χ0n) is 13.0. The van der Waals surface area contributed by atoms with Crippen molar-refractivity contribution in [3.63, 3.8) is 0 Å². The summed E-state index contributed by atoms with van der Waals surface area (Å²) in [6, 6.07) is 14.7. The predicted molar refractivity (Wildman–Crippen MR) is 96.6 cm³/mol. The Kier molecular flexibility index (Phi) is 4.96. The van der Waals surface area contributed by atoms with E-state index in [0.29, 0.717) is 12.2 Å². The molecule has 0 aliphatic heterocycles. The van der Waals surface area contributed by atoms with Crippen molar-refractivity contribution in [2.45, 2.75) is 6.92 Å². The number of carbonyl (C=O) groups is 1.